The maximum Gasteiger partial charge on any atom is 0.344 e. The Hall–Kier alpha value is -1.55. The van der Waals surface area contributed by atoms with Gasteiger partial charge in [0.25, 0.3) is 0 Å². The largest absolute Gasteiger partial charge is 0.479 e. The Morgan fingerprint density at radius 2 is 2.00 bits per heavy atom. The molecule has 0 bridgehead atoms. The predicted octanol–water partition coefficient (Wildman–Crippen LogP) is 1.90. The molecule has 2 N–H and O–H groups in total. The van der Waals surface area contributed by atoms with E-state index in [0.717, 1.165) is 5.56 Å². The number of benzene rings is 1. The summed E-state index contributed by atoms with van der Waals surface area (Å²) in [6.07, 6.45) is -1.61. The molecule has 16 heavy (non-hydrogen) atoms. The molecular weight excluding hydrogens is 208 g/mol. The molecule has 1 rings (SSSR count). The fraction of sp³-hybridized carbons (Fsp3) is 0.417. The van der Waals surface area contributed by atoms with Crippen molar-refractivity contribution in [2.75, 3.05) is 0 Å². The molecule has 4 heteroatoms. The molecule has 0 radical (unpaired) electrons. The van der Waals surface area contributed by atoms with Gasteiger partial charge in [0.2, 0.25) is 0 Å². The molecule has 0 aliphatic carbocycles. The summed E-state index contributed by atoms with van der Waals surface area (Å²) in [4.78, 5) is 10.7. The lowest BCUT2D eigenvalue weighted by molar-refractivity contribution is -0.144. The van der Waals surface area contributed by atoms with Gasteiger partial charge in [0.05, 0.1) is 6.10 Å². The van der Waals surface area contributed by atoms with Crippen molar-refractivity contribution in [3.8, 4) is 5.75 Å². The van der Waals surface area contributed by atoms with Gasteiger partial charge in [-0.2, -0.15) is 0 Å². The summed E-state index contributed by atoms with van der Waals surface area (Å²) in [6, 6.07) is 5.31. The van der Waals surface area contributed by atoms with Gasteiger partial charge in [-0.25, -0.2) is 4.79 Å². The number of ether oxygens (including phenoxy) is 1. The number of aryl methyl sites for hydroxylation is 1. The second-order valence-electron chi connectivity index (χ2n) is 3.82. The summed E-state index contributed by atoms with van der Waals surface area (Å²) in [5, 5.41) is 18.3. The van der Waals surface area contributed by atoms with Gasteiger partial charge in [0.1, 0.15) is 5.75 Å². The van der Waals surface area contributed by atoms with Crippen LogP contribution in [0.5, 0.6) is 5.75 Å². The first-order chi connectivity index (χ1) is 7.41. The highest BCUT2D eigenvalue weighted by Crippen LogP contribution is 2.27. The van der Waals surface area contributed by atoms with Gasteiger partial charge in [-0.05, 0) is 32.4 Å². The van der Waals surface area contributed by atoms with Gasteiger partial charge in [0, 0.05) is 5.56 Å². The number of aliphatic carboxylic acids is 1. The lowest BCUT2D eigenvalue weighted by Crippen LogP contribution is -2.23. The Labute approximate surface area is 94.5 Å². The Kier molecular flexibility index (Phi) is 3.90. The molecule has 0 aliphatic heterocycles. The molecule has 1 aromatic rings. The highest BCUT2D eigenvalue weighted by Gasteiger charge is 2.16. The molecule has 1 unspecified atom stereocenters. The third kappa shape index (κ3) is 2.97. The minimum absolute atomic E-state index is 0.421. The van der Waals surface area contributed by atoms with Crippen molar-refractivity contribution < 1.29 is 19.7 Å². The maximum absolute atomic E-state index is 10.7. The van der Waals surface area contributed by atoms with E-state index in [1.807, 2.05) is 13.0 Å². The van der Waals surface area contributed by atoms with E-state index in [1.54, 1.807) is 19.1 Å². The number of hydrogen-bond acceptors (Lipinski definition) is 3. The minimum Gasteiger partial charge on any atom is -0.479 e. The minimum atomic E-state index is -1.03. The monoisotopic (exact) mass is 224 g/mol. The van der Waals surface area contributed by atoms with Crippen molar-refractivity contribution in [1.29, 1.82) is 0 Å². The van der Waals surface area contributed by atoms with E-state index in [4.69, 9.17) is 9.84 Å². The molecule has 2 atom stereocenters. The topological polar surface area (TPSA) is 66.8 Å². The molecule has 0 fully saturated rings. The quantitative estimate of drug-likeness (QED) is 0.819. The second-order valence-corrected chi connectivity index (χ2v) is 3.82. The predicted molar refractivity (Wildman–Crippen MR) is 59.5 cm³/mol. The normalized spacial score (nSPS) is 14.2. The Bertz CT molecular complexity index is 385. The van der Waals surface area contributed by atoms with Gasteiger partial charge in [-0.15, -0.1) is 0 Å². The Balaban J connectivity index is 3.01. The lowest BCUT2D eigenvalue weighted by atomic mass is 10.1. The number of aliphatic hydroxyl groups is 1. The van der Waals surface area contributed by atoms with Crippen LogP contribution in [0.1, 0.15) is 31.1 Å². The number of carbonyl (C=O) groups is 1. The first kappa shape index (κ1) is 12.5. The summed E-state index contributed by atoms with van der Waals surface area (Å²) in [6.45, 7) is 4.95. The SMILES string of the molecule is Cc1ccc([C@H](C)O)c(OC(C)C(=O)O)c1. The van der Waals surface area contributed by atoms with Crippen LogP contribution in [0.25, 0.3) is 0 Å². The molecular formula is C12H16O4. The van der Waals surface area contributed by atoms with E-state index in [9.17, 15) is 9.90 Å². The van der Waals surface area contributed by atoms with Crippen molar-refractivity contribution >= 4 is 5.97 Å². The summed E-state index contributed by atoms with van der Waals surface area (Å²) < 4.78 is 5.29. The molecule has 0 aliphatic rings. The first-order valence-corrected chi connectivity index (χ1v) is 5.10. The van der Waals surface area contributed by atoms with Gasteiger partial charge in [-0.3, -0.25) is 0 Å². The van der Waals surface area contributed by atoms with E-state index in [2.05, 4.69) is 0 Å². The molecule has 0 spiro atoms. The average Bonchev–Trinajstić information content (AvgIpc) is 2.16. The van der Waals surface area contributed by atoms with E-state index in [0.29, 0.717) is 11.3 Å². The van der Waals surface area contributed by atoms with Crippen LogP contribution in [0.2, 0.25) is 0 Å². The van der Waals surface area contributed by atoms with Crippen LogP contribution < -0.4 is 4.74 Å². The zero-order valence-corrected chi connectivity index (χ0v) is 9.60. The zero-order valence-electron chi connectivity index (χ0n) is 9.60. The zero-order chi connectivity index (χ0) is 12.3. The molecule has 0 saturated carbocycles. The van der Waals surface area contributed by atoms with Crippen LogP contribution in [0.3, 0.4) is 0 Å². The number of rotatable bonds is 4. The van der Waals surface area contributed by atoms with Gasteiger partial charge in [0.15, 0.2) is 6.10 Å². The van der Waals surface area contributed by atoms with Crippen molar-refractivity contribution in [3.05, 3.63) is 29.3 Å². The summed E-state index contributed by atoms with van der Waals surface area (Å²) >= 11 is 0. The Morgan fingerprint density at radius 1 is 1.38 bits per heavy atom. The number of carboxylic acid groups (broad SMARTS) is 1. The van der Waals surface area contributed by atoms with Crippen LogP contribution in [-0.2, 0) is 4.79 Å². The standard InChI is InChI=1S/C12H16O4/c1-7-4-5-10(8(2)13)11(6-7)16-9(3)12(14)15/h4-6,8-9,13H,1-3H3,(H,14,15)/t8-,9?/m0/s1. The van der Waals surface area contributed by atoms with Crippen molar-refractivity contribution in [2.45, 2.75) is 33.0 Å². The van der Waals surface area contributed by atoms with Crippen molar-refractivity contribution in [1.82, 2.24) is 0 Å². The summed E-state index contributed by atoms with van der Waals surface area (Å²) in [7, 11) is 0. The highest BCUT2D eigenvalue weighted by atomic mass is 16.5. The van der Waals surface area contributed by atoms with Crippen LogP contribution in [-0.4, -0.2) is 22.3 Å². The maximum atomic E-state index is 10.7. The van der Waals surface area contributed by atoms with E-state index >= 15 is 0 Å². The van der Waals surface area contributed by atoms with Crippen LogP contribution in [0.4, 0.5) is 0 Å². The average molecular weight is 224 g/mol. The summed E-state index contributed by atoms with van der Waals surface area (Å²) in [5.74, 6) is -0.608. The molecule has 0 heterocycles. The van der Waals surface area contributed by atoms with Gasteiger partial charge in [-0.1, -0.05) is 12.1 Å². The second kappa shape index (κ2) is 4.99. The Morgan fingerprint density at radius 3 is 2.50 bits per heavy atom. The molecule has 0 saturated heterocycles. The fourth-order valence-corrected chi connectivity index (χ4v) is 1.33. The van der Waals surface area contributed by atoms with E-state index < -0.39 is 18.2 Å². The molecule has 88 valence electrons. The van der Waals surface area contributed by atoms with Crippen LogP contribution in [0, 0.1) is 6.92 Å². The van der Waals surface area contributed by atoms with Crippen LogP contribution in [0.15, 0.2) is 18.2 Å². The van der Waals surface area contributed by atoms with Crippen LogP contribution >= 0.6 is 0 Å². The van der Waals surface area contributed by atoms with Crippen molar-refractivity contribution in [3.63, 3.8) is 0 Å². The van der Waals surface area contributed by atoms with Gasteiger partial charge >= 0.3 is 5.97 Å². The molecule has 0 amide bonds. The summed E-state index contributed by atoms with van der Waals surface area (Å²) in [5.41, 5.74) is 1.55. The first-order valence-electron chi connectivity index (χ1n) is 5.10. The fourth-order valence-electron chi connectivity index (χ4n) is 1.33. The van der Waals surface area contributed by atoms with Gasteiger partial charge < -0.3 is 14.9 Å². The van der Waals surface area contributed by atoms with E-state index in [1.165, 1.54) is 6.92 Å². The number of carboxylic acids is 1. The molecule has 0 aromatic heterocycles. The number of hydrogen-bond donors (Lipinski definition) is 2. The van der Waals surface area contributed by atoms with E-state index in [-0.39, 0.29) is 0 Å². The third-order valence-corrected chi connectivity index (χ3v) is 2.27. The third-order valence-electron chi connectivity index (χ3n) is 2.27. The number of aliphatic hydroxyl groups excluding tert-OH is 1. The molecule has 1 aromatic carbocycles. The molecule has 4 nitrogen and oxygen atoms in total. The highest BCUT2D eigenvalue weighted by molar-refractivity contribution is 5.72. The van der Waals surface area contributed by atoms with Crippen molar-refractivity contribution in [2.24, 2.45) is 0 Å². The smallest absolute Gasteiger partial charge is 0.344 e. The lowest BCUT2D eigenvalue weighted by Gasteiger charge is -2.16.